The van der Waals surface area contributed by atoms with E-state index in [1.807, 2.05) is 6.07 Å². The molecule has 0 aromatic heterocycles. The molecule has 4 heteroatoms. The van der Waals surface area contributed by atoms with Crippen molar-refractivity contribution in [3.63, 3.8) is 0 Å². The van der Waals surface area contributed by atoms with Gasteiger partial charge in [-0.15, -0.1) is 0 Å². The van der Waals surface area contributed by atoms with Crippen molar-refractivity contribution in [3.05, 3.63) is 28.2 Å². The van der Waals surface area contributed by atoms with Crippen molar-refractivity contribution in [1.29, 1.82) is 0 Å². The monoisotopic (exact) mass is 326 g/mol. The van der Waals surface area contributed by atoms with Crippen LogP contribution in [0.15, 0.2) is 22.7 Å². The summed E-state index contributed by atoms with van der Waals surface area (Å²) < 4.78 is 6.26. The zero-order valence-electron chi connectivity index (χ0n) is 11.8. The van der Waals surface area contributed by atoms with Crippen LogP contribution in [0.25, 0.3) is 0 Å². The summed E-state index contributed by atoms with van der Waals surface area (Å²) in [7, 11) is 1.69. The van der Waals surface area contributed by atoms with Crippen molar-refractivity contribution < 1.29 is 4.74 Å². The Balaban J connectivity index is 1.81. The van der Waals surface area contributed by atoms with Crippen molar-refractivity contribution >= 4 is 15.9 Å². The Morgan fingerprint density at radius 1 is 1.47 bits per heavy atom. The van der Waals surface area contributed by atoms with Gasteiger partial charge in [-0.05, 0) is 59.6 Å². The molecule has 0 spiro atoms. The van der Waals surface area contributed by atoms with Gasteiger partial charge in [-0.3, -0.25) is 4.90 Å². The van der Waals surface area contributed by atoms with E-state index in [9.17, 15) is 0 Å². The average Bonchev–Trinajstić information content (AvgIpc) is 2.86. The average molecular weight is 327 g/mol. The summed E-state index contributed by atoms with van der Waals surface area (Å²) in [6.45, 7) is 6.67. The topological polar surface area (TPSA) is 24.5 Å². The first-order chi connectivity index (χ1) is 9.24. The Labute approximate surface area is 124 Å². The number of nitrogens with zero attached hydrogens (tertiary/aromatic N) is 1. The minimum Gasteiger partial charge on any atom is -0.496 e. The smallest absolute Gasteiger partial charge is 0.133 e. The van der Waals surface area contributed by atoms with Gasteiger partial charge in [0.1, 0.15) is 5.75 Å². The highest BCUT2D eigenvalue weighted by molar-refractivity contribution is 9.10. The van der Waals surface area contributed by atoms with Gasteiger partial charge in [0, 0.05) is 19.1 Å². The molecule has 1 atom stereocenters. The molecule has 1 aromatic rings. The van der Waals surface area contributed by atoms with Crippen molar-refractivity contribution in [1.82, 2.24) is 10.2 Å². The fraction of sp³-hybridized carbons (Fsp3) is 0.600. The molecule has 19 heavy (non-hydrogen) atoms. The fourth-order valence-electron chi connectivity index (χ4n) is 2.75. The van der Waals surface area contributed by atoms with E-state index in [-0.39, 0.29) is 0 Å². The molecule has 0 aliphatic carbocycles. The van der Waals surface area contributed by atoms with Crippen LogP contribution in [-0.4, -0.2) is 37.7 Å². The molecular formula is C15H23BrN2O. The third kappa shape index (κ3) is 3.94. The molecule has 2 rings (SSSR count). The van der Waals surface area contributed by atoms with Crippen LogP contribution in [0, 0.1) is 0 Å². The number of hydrogen-bond acceptors (Lipinski definition) is 3. The van der Waals surface area contributed by atoms with Crippen LogP contribution in [-0.2, 0) is 6.54 Å². The quantitative estimate of drug-likeness (QED) is 0.869. The van der Waals surface area contributed by atoms with Gasteiger partial charge in [-0.1, -0.05) is 13.0 Å². The van der Waals surface area contributed by atoms with Crippen LogP contribution in [0.5, 0.6) is 5.75 Å². The van der Waals surface area contributed by atoms with E-state index in [1.54, 1.807) is 7.11 Å². The Morgan fingerprint density at radius 2 is 2.32 bits per heavy atom. The standard InChI is InChI=1S/C15H23BrN2O/c1-3-18-8-4-5-13(18)11-17-10-12-6-7-15(19-2)14(16)9-12/h6-7,9,13,17H,3-5,8,10-11H2,1-2H3/t13-/m1/s1. The molecule has 0 saturated carbocycles. The number of rotatable bonds is 6. The minimum atomic E-state index is 0.715. The van der Waals surface area contributed by atoms with Crippen LogP contribution in [0.4, 0.5) is 0 Å². The maximum Gasteiger partial charge on any atom is 0.133 e. The molecular weight excluding hydrogens is 304 g/mol. The number of halogens is 1. The van der Waals surface area contributed by atoms with Gasteiger partial charge in [0.05, 0.1) is 11.6 Å². The van der Waals surface area contributed by atoms with E-state index in [0.717, 1.165) is 23.3 Å². The third-order valence-electron chi connectivity index (χ3n) is 3.83. The first kappa shape index (κ1) is 14.8. The maximum atomic E-state index is 5.24. The highest BCUT2D eigenvalue weighted by Crippen LogP contribution is 2.25. The molecule has 1 heterocycles. The Bertz CT molecular complexity index is 411. The lowest BCUT2D eigenvalue weighted by Gasteiger charge is -2.23. The van der Waals surface area contributed by atoms with Crippen molar-refractivity contribution in [2.24, 2.45) is 0 Å². The first-order valence-corrected chi connectivity index (χ1v) is 7.81. The zero-order chi connectivity index (χ0) is 13.7. The van der Waals surface area contributed by atoms with Crippen molar-refractivity contribution in [2.75, 3.05) is 26.7 Å². The summed E-state index contributed by atoms with van der Waals surface area (Å²) in [6, 6.07) is 6.96. The fourth-order valence-corrected chi connectivity index (χ4v) is 3.33. The van der Waals surface area contributed by atoms with Crippen LogP contribution < -0.4 is 10.1 Å². The number of benzene rings is 1. The number of likely N-dealkylation sites (N-methyl/N-ethyl adjacent to an activating group) is 1. The molecule has 1 saturated heterocycles. The van der Waals surface area contributed by atoms with Gasteiger partial charge in [0.25, 0.3) is 0 Å². The maximum absolute atomic E-state index is 5.24. The van der Waals surface area contributed by atoms with E-state index >= 15 is 0 Å². The number of nitrogens with one attached hydrogen (secondary N) is 1. The summed E-state index contributed by atoms with van der Waals surface area (Å²) in [4.78, 5) is 2.57. The predicted octanol–water partition coefficient (Wildman–Crippen LogP) is 3.03. The third-order valence-corrected chi connectivity index (χ3v) is 4.45. The SMILES string of the molecule is CCN1CCC[C@@H]1CNCc1ccc(OC)c(Br)c1. The number of ether oxygens (including phenoxy) is 1. The summed E-state index contributed by atoms with van der Waals surface area (Å²) in [5.41, 5.74) is 1.29. The zero-order valence-corrected chi connectivity index (χ0v) is 13.4. The summed E-state index contributed by atoms with van der Waals surface area (Å²) in [5.74, 6) is 0.886. The number of hydrogen-bond donors (Lipinski definition) is 1. The van der Waals surface area contributed by atoms with Crippen LogP contribution >= 0.6 is 15.9 Å². The van der Waals surface area contributed by atoms with Gasteiger partial charge >= 0.3 is 0 Å². The van der Waals surface area contributed by atoms with Crippen LogP contribution in [0.1, 0.15) is 25.3 Å². The van der Waals surface area contributed by atoms with E-state index in [2.05, 4.69) is 45.2 Å². The van der Waals surface area contributed by atoms with Gasteiger partial charge < -0.3 is 10.1 Å². The highest BCUT2D eigenvalue weighted by atomic mass is 79.9. The van der Waals surface area contributed by atoms with Crippen molar-refractivity contribution in [2.45, 2.75) is 32.4 Å². The summed E-state index contributed by atoms with van der Waals surface area (Å²) >= 11 is 3.53. The molecule has 0 radical (unpaired) electrons. The molecule has 1 aliphatic rings. The Morgan fingerprint density at radius 3 is 3.00 bits per heavy atom. The molecule has 1 N–H and O–H groups in total. The van der Waals surface area contributed by atoms with Gasteiger partial charge in [0.2, 0.25) is 0 Å². The van der Waals surface area contributed by atoms with E-state index in [4.69, 9.17) is 4.74 Å². The Hall–Kier alpha value is -0.580. The molecule has 0 unspecified atom stereocenters. The lowest BCUT2D eigenvalue weighted by atomic mass is 10.2. The summed E-state index contributed by atoms with van der Waals surface area (Å²) in [5, 5.41) is 3.57. The normalized spacial score (nSPS) is 19.8. The van der Waals surface area contributed by atoms with Gasteiger partial charge in [-0.2, -0.15) is 0 Å². The van der Waals surface area contributed by atoms with E-state index < -0.39 is 0 Å². The lowest BCUT2D eigenvalue weighted by Crippen LogP contribution is -2.37. The molecule has 3 nitrogen and oxygen atoms in total. The van der Waals surface area contributed by atoms with Crippen LogP contribution in [0.3, 0.4) is 0 Å². The molecule has 1 fully saturated rings. The second kappa shape index (κ2) is 7.27. The van der Waals surface area contributed by atoms with Crippen molar-refractivity contribution in [3.8, 4) is 5.75 Å². The highest BCUT2D eigenvalue weighted by Gasteiger charge is 2.21. The second-order valence-corrected chi connectivity index (χ2v) is 5.88. The van der Waals surface area contributed by atoms with E-state index in [0.29, 0.717) is 6.04 Å². The molecule has 106 valence electrons. The van der Waals surface area contributed by atoms with Gasteiger partial charge in [0.15, 0.2) is 0 Å². The Kier molecular flexibility index (Phi) is 5.67. The lowest BCUT2D eigenvalue weighted by molar-refractivity contribution is 0.260. The minimum absolute atomic E-state index is 0.715. The predicted molar refractivity (Wildman–Crippen MR) is 82.7 cm³/mol. The number of likely N-dealkylation sites (tertiary alicyclic amines) is 1. The first-order valence-electron chi connectivity index (χ1n) is 7.01. The number of methoxy groups -OCH3 is 1. The van der Waals surface area contributed by atoms with Gasteiger partial charge in [-0.25, -0.2) is 0 Å². The molecule has 0 amide bonds. The second-order valence-electron chi connectivity index (χ2n) is 5.02. The van der Waals surface area contributed by atoms with E-state index in [1.165, 1.54) is 31.5 Å². The summed E-state index contributed by atoms with van der Waals surface area (Å²) in [6.07, 6.45) is 2.67. The molecule has 0 bridgehead atoms. The molecule has 1 aromatic carbocycles. The largest absolute Gasteiger partial charge is 0.496 e. The van der Waals surface area contributed by atoms with Crippen LogP contribution in [0.2, 0.25) is 0 Å². The molecule has 1 aliphatic heterocycles.